The van der Waals surface area contributed by atoms with Crippen molar-refractivity contribution in [2.45, 2.75) is 24.9 Å². The number of anilines is 1. The summed E-state index contributed by atoms with van der Waals surface area (Å²) in [6.45, 7) is 0.817. The normalized spacial score (nSPS) is 20.1. The number of carbonyl (C=O) groups excluding carboxylic acids is 3. The van der Waals surface area contributed by atoms with Gasteiger partial charge in [-0.25, -0.2) is 14.6 Å². The molecule has 30 heavy (non-hydrogen) atoms. The van der Waals surface area contributed by atoms with Crippen molar-refractivity contribution in [3.05, 3.63) is 62.5 Å². The number of carbonyl (C=O) groups is 3. The fourth-order valence-electron chi connectivity index (χ4n) is 3.37. The van der Waals surface area contributed by atoms with Crippen LogP contribution in [0.4, 0.5) is 10.5 Å². The maximum atomic E-state index is 13.5. The van der Waals surface area contributed by atoms with Gasteiger partial charge in [0.25, 0.3) is 11.8 Å². The molecule has 0 aliphatic carbocycles. The number of halogens is 3. The third kappa shape index (κ3) is 4.10. The van der Waals surface area contributed by atoms with Crippen LogP contribution in [0.3, 0.4) is 0 Å². The molecule has 1 aliphatic rings. The Morgan fingerprint density at radius 2 is 1.73 bits per heavy atom. The number of hydrogen-bond donors (Lipinski definition) is 2. The lowest BCUT2D eigenvalue weighted by Gasteiger charge is -2.31. The summed E-state index contributed by atoms with van der Waals surface area (Å²) in [4.78, 5) is 41.3. The molecule has 3 N–H and O–H groups in total. The number of nitrogens with two attached hydrogens (primary N) is 1. The first-order valence-corrected chi connectivity index (χ1v) is 10.4. The van der Waals surface area contributed by atoms with Gasteiger partial charge in [0.1, 0.15) is 11.6 Å². The van der Waals surface area contributed by atoms with Crippen molar-refractivity contribution in [2.75, 3.05) is 11.5 Å². The van der Waals surface area contributed by atoms with E-state index >= 15 is 0 Å². The Hall–Kier alpha value is -1.97. The second-order valence-corrected chi connectivity index (χ2v) is 8.88. The molecule has 0 bridgehead atoms. The molecule has 1 fully saturated rings. The zero-order chi connectivity index (χ0) is 22.2. The van der Waals surface area contributed by atoms with Gasteiger partial charge in [-0.2, -0.15) is 0 Å². The molecule has 10 heteroatoms. The van der Waals surface area contributed by atoms with Crippen LogP contribution in [0.25, 0.3) is 0 Å². The average molecular weight is 515 g/mol. The lowest BCUT2D eigenvalue weighted by atomic mass is 9.90. The molecule has 0 radical (unpaired) electrons. The van der Waals surface area contributed by atoms with Gasteiger partial charge in [-0.05, 0) is 42.8 Å². The van der Waals surface area contributed by atoms with Crippen LogP contribution in [-0.4, -0.2) is 46.0 Å². The van der Waals surface area contributed by atoms with E-state index in [9.17, 15) is 19.5 Å². The predicted molar refractivity (Wildman–Crippen MR) is 118 cm³/mol. The first-order valence-electron chi connectivity index (χ1n) is 8.88. The minimum Gasteiger partial charge on any atom is -0.394 e. The molecule has 0 aromatic heterocycles. The van der Waals surface area contributed by atoms with Crippen molar-refractivity contribution in [1.82, 2.24) is 4.90 Å². The van der Waals surface area contributed by atoms with Gasteiger partial charge in [0, 0.05) is 20.9 Å². The molecule has 158 valence electrons. The van der Waals surface area contributed by atoms with E-state index in [-0.39, 0.29) is 22.2 Å². The van der Waals surface area contributed by atoms with Crippen molar-refractivity contribution in [2.24, 2.45) is 5.73 Å². The summed E-state index contributed by atoms with van der Waals surface area (Å²) in [6.07, 6.45) is 0.0551. The highest BCUT2D eigenvalue weighted by Crippen LogP contribution is 2.37. The summed E-state index contributed by atoms with van der Waals surface area (Å²) >= 11 is 15.4. The van der Waals surface area contributed by atoms with Crippen molar-refractivity contribution in [3.8, 4) is 0 Å². The van der Waals surface area contributed by atoms with Crippen molar-refractivity contribution in [1.29, 1.82) is 0 Å². The second kappa shape index (κ2) is 8.64. The monoisotopic (exact) mass is 513 g/mol. The van der Waals surface area contributed by atoms with E-state index in [0.717, 1.165) is 19.8 Å². The third-order valence-corrected chi connectivity index (χ3v) is 5.81. The van der Waals surface area contributed by atoms with Gasteiger partial charge >= 0.3 is 6.03 Å². The van der Waals surface area contributed by atoms with Crippen LogP contribution in [0, 0.1) is 0 Å². The van der Waals surface area contributed by atoms with Crippen LogP contribution in [0.1, 0.15) is 12.5 Å². The standard InChI is InChI=1S/C20H18BrCl2N3O4/c1-20(9-11-2-4-12(21)5-3-11)18(29)25(15-7-13(22)6-14(23)8-15)19(30)26(20)17(28)16(24)10-27/h2-8,16,27H,9-10,24H2,1H3/t16-,20+/m0/s1. The summed E-state index contributed by atoms with van der Waals surface area (Å²) < 4.78 is 0.843. The number of nitrogens with zero attached hydrogens (tertiary/aromatic N) is 2. The number of urea groups is 1. The molecule has 7 nitrogen and oxygen atoms in total. The molecular weight excluding hydrogens is 497 g/mol. The van der Waals surface area contributed by atoms with E-state index in [0.29, 0.717) is 0 Å². The summed E-state index contributed by atoms with van der Waals surface area (Å²) in [5, 5.41) is 9.79. The average Bonchev–Trinajstić information content (AvgIpc) is 2.87. The number of amides is 4. The first-order chi connectivity index (χ1) is 14.1. The van der Waals surface area contributed by atoms with Crippen LogP contribution in [0.15, 0.2) is 46.9 Å². The number of aliphatic hydroxyl groups is 1. The second-order valence-electron chi connectivity index (χ2n) is 7.09. The maximum Gasteiger partial charge on any atom is 0.339 e. The minimum absolute atomic E-state index is 0.0551. The molecule has 1 saturated heterocycles. The van der Waals surface area contributed by atoms with Crippen LogP contribution < -0.4 is 10.6 Å². The fourth-order valence-corrected chi connectivity index (χ4v) is 4.15. The predicted octanol–water partition coefficient (Wildman–Crippen LogP) is 3.37. The van der Waals surface area contributed by atoms with E-state index in [1.54, 1.807) is 24.3 Å². The minimum atomic E-state index is -1.57. The molecule has 4 amide bonds. The van der Waals surface area contributed by atoms with Crippen LogP contribution in [0.5, 0.6) is 0 Å². The van der Waals surface area contributed by atoms with E-state index in [1.807, 2.05) is 0 Å². The molecule has 0 saturated carbocycles. The lowest BCUT2D eigenvalue weighted by Crippen LogP contribution is -2.57. The fraction of sp³-hybridized carbons (Fsp3) is 0.250. The Labute approximate surface area is 191 Å². The van der Waals surface area contributed by atoms with Crippen LogP contribution >= 0.6 is 39.1 Å². The lowest BCUT2D eigenvalue weighted by molar-refractivity contribution is -0.139. The van der Waals surface area contributed by atoms with Crippen LogP contribution in [0.2, 0.25) is 10.0 Å². The van der Waals surface area contributed by atoms with Gasteiger partial charge in [0.05, 0.1) is 12.3 Å². The summed E-state index contributed by atoms with van der Waals surface area (Å²) in [5.74, 6) is -1.49. The Bertz CT molecular complexity index is 997. The third-order valence-electron chi connectivity index (χ3n) is 4.84. The highest BCUT2D eigenvalue weighted by atomic mass is 79.9. The Morgan fingerprint density at radius 1 is 1.17 bits per heavy atom. The van der Waals surface area contributed by atoms with Crippen molar-refractivity contribution in [3.63, 3.8) is 0 Å². The first kappa shape index (κ1) is 22.7. The number of aliphatic hydroxyl groups excluding tert-OH is 1. The zero-order valence-electron chi connectivity index (χ0n) is 15.8. The Morgan fingerprint density at radius 3 is 2.27 bits per heavy atom. The van der Waals surface area contributed by atoms with Gasteiger partial charge in [0.15, 0.2) is 0 Å². The van der Waals surface area contributed by atoms with Gasteiger partial charge in [-0.15, -0.1) is 0 Å². The molecule has 2 aromatic rings. The molecule has 1 heterocycles. The highest BCUT2D eigenvalue weighted by molar-refractivity contribution is 9.10. The van der Waals surface area contributed by atoms with Crippen LogP contribution in [-0.2, 0) is 16.0 Å². The smallest absolute Gasteiger partial charge is 0.339 e. The van der Waals surface area contributed by atoms with Gasteiger partial charge < -0.3 is 10.8 Å². The quantitative estimate of drug-likeness (QED) is 0.595. The molecule has 3 rings (SSSR count). The van der Waals surface area contributed by atoms with E-state index in [2.05, 4.69) is 15.9 Å². The number of hydrogen-bond acceptors (Lipinski definition) is 5. The summed E-state index contributed by atoms with van der Waals surface area (Å²) in [5.41, 5.74) is 4.99. The van der Waals surface area contributed by atoms with Crippen molar-refractivity contribution < 1.29 is 19.5 Å². The summed E-state index contributed by atoms with van der Waals surface area (Å²) in [6, 6.07) is 9.18. The number of benzene rings is 2. The Kier molecular flexibility index (Phi) is 6.54. The van der Waals surface area contributed by atoms with Gasteiger partial charge in [0.2, 0.25) is 0 Å². The summed E-state index contributed by atoms with van der Waals surface area (Å²) in [7, 11) is 0. The van der Waals surface area contributed by atoms with Gasteiger partial charge in [-0.3, -0.25) is 9.59 Å². The van der Waals surface area contributed by atoms with E-state index in [1.165, 1.54) is 25.1 Å². The van der Waals surface area contributed by atoms with Crippen molar-refractivity contribution >= 4 is 62.7 Å². The molecule has 0 unspecified atom stereocenters. The number of imide groups is 2. The largest absolute Gasteiger partial charge is 0.394 e. The van der Waals surface area contributed by atoms with E-state index in [4.69, 9.17) is 28.9 Å². The topological polar surface area (TPSA) is 104 Å². The number of rotatable bonds is 5. The van der Waals surface area contributed by atoms with Gasteiger partial charge in [-0.1, -0.05) is 51.3 Å². The SMILES string of the molecule is C[C@@]1(Cc2ccc(Br)cc2)C(=O)N(c2cc(Cl)cc(Cl)c2)C(=O)N1C(=O)[C@@H](N)CO. The highest BCUT2D eigenvalue weighted by Gasteiger charge is 2.58. The molecule has 2 atom stereocenters. The molecule has 1 aliphatic heterocycles. The van der Waals surface area contributed by atoms with E-state index < -0.39 is 36.0 Å². The Balaban J connectivity index is 2.11. The zero-order valence-corrected chi connectivity index (χ0v) is 18.9. The molecular formula is C20H18BrCl2N3O4. The molecule has 2 aromatic carbocycles. The molecule has 0 spiro atoms. The maximum absolute atomic E-state index is 13.5.